The molecule has 0 radical (unpaired) electrons. The highest BCUT2D eigenvalue weighted by atomic mass is 16.3. The third kappa shape index (κ3) is 4.44. The first kappa shape index (κ1) is 15.8. The molecule has 0 spiro atoms. The van der Waals surface area contributed by atoms with Crippen molar-refractivity contribution in [3.63, 3.8) is 0 Å². The van der Waals surface area contributed by atoms with Crippen LogP contribution in [-0.2, 0) is 4.79 Å². The largest absolute Gasteiger partial charge is 0.398 e. The van der Waals surface area contributed by atoms with Gasteiger partial charge in [0.2, 0.25) is 5.91 Å². The van der Waals surface area contributed by atoms with Gasteiger partial charge in [0.25, 0.3) is 0 Å². The van der Waals surface area contributed by atoms with Crippen molar-refractivity contribution >= 4 is 17.3 Å². The van der Waals surface area contributed by atoms with E-state index in [0.29, 0.717) is 24.8 Å². The molecule has 1 amide bonds. The first-order valence-corrected chi connectivity index (χ1v) is 7.61. The first-order valence-electron chi connectivity index (χ1n) is 7.61. The molecular formula is C16H25N3O2. The number of hydrogen-bond acceptors (Lipinski definition) is 4. The van der Waals surface area contributed by atoms with Crippen molar-refractivity contribution in [1.29, 1.82) is 0 Å². The maximum absolute atomic E-state index is 12.2. The molecule has 1 aromatic carbocycles. The number of carbonyl (C=O) groups is 1. The van der Waals surface area contributed by atoms with Crippen LogP contribution in [0.3, 0.4) is 0 Å². The van der Waals surface area contributed by atoms with Gasteiger partial charge in [-0.2, -0.15) is 0 Å². The summed E-state index contributed by atoms with van der Waals surface area (Å²) in [5.41, 5.74) is 8.25. The number of amides is 1. The van der Waals surface area contributed by atoms with Crippen LogP contribution in [0.4, 0.5) is 11.4 Å². The molecule has 5 heteroatoms. The van der Waals surface area contributed by atoms with Crippen molar-refractivity contribution in [3.05, 3.63) is 23.8 Å². The van der Waals surface area contributed by atoms with E-state index in [0.717, 1.165) is 24.1 Å². The fraction of sp³-hybridized carbons (Fsp3) is 0.562. The Morgan fingerprint density at radius 2 is 2.14 bits per heavy atom. The number of carbonyl (C=O) groups excluding carboxylic acids is 1. The van der Waals surface area contributed by atoms with Gasteiger partial charge in [0.05, 0.1) is 13.2 Å². The van der Waals surface area contributed by atoms with E-state index in [-0.39, 0.29) is 12.5 Å². The highest BCUT2D eigenvalue weighted by molar-refractivity contribution is 5.92. The minimum Gasteiger partial charge on any atom is -0.398 e. The third-order valence-electron chi connectivity index (χ3n) is 4.14. The van der Waals surface area contributed by atoms with E-state index < -0.39 is 0 Å². The van der Waals surface area contributed by atoms with E-state index in [4.69, 9.17) is 5.73 Å². The van der Waals surface area contributed by atoms with Crippen molar-refractivity contribution < 1.29 is 9.90 Å². The molecule has 21 heavy (non-hydrogen) atoms. The molecule has 0 heterocycles. The smallest absolute Gasteiger partial charge is 0.238 e. The van der Waals surface area contributed by atoms with Gasteiger partial charge in [-0.15, -0.1) is 0 Å². The molecule has 1 aromatic rings. The average molecular weight is 291 g/mol. The number of benzene rings is 1. The average Bonchev–Trinajstić information content (AvgIpc) is 2.96. The van der Waals surface area contributed by atoms with E-state index in [1.54, 1.807) is 6.07 Å². The number of nitrogens with one attached hydrogen (secondary N) is 1. The molecule has 2 rings (SSSR count). The summed E-state index contributed by atoms with van der Waals surface area (Å²) in [6.45, 7) is 2.89. The first-order chi connectivity index (χ1) is 10.1. The normalized spacial score (nSPS) is 15.6. The fourth-order valence-electron chi connectivity index (χ4n) is 2.89. The second-order valence-corrected chi connectivity index (χ2v) is 5.75. The molecule has 1 fully saturated rings. The van der Waals surface area contributed by atoms with Crippen LogP contribution in [0, 0.1) is 6.92 Å². The molecule has 0 aliphatic heterocycles. The number of aryl methyl sites for hydroxylation is 1. The second kappa shape index (κ2) is 7.43. The number of nitrogens with zero attached hydrogens (tertiary/aromatic N) is 1. The lowest BCUT2D eigenvalue weighted by Gasteiger charge is -2.27. The van der Waals surface area contributed by atoms with Crippen LogP contribution >= 0.6 is 0 Å². The molecule has 1 aliphatic rings. The van der Waals surface area contributed by atoms with Crippen molar-refractivity contribution in [1.82, 2.24) is 4.90 Å². The summed E-state index contributed by atoms with van der Waals surface area (Å²) in [5, 5.41) is 12.1. The van der Waals surface area contributed by atoms with E-state index in [1.807, 2.05) is 19.1 Å². The molecule has 5 nitrogen and oxygen atoms in total. The van der Waals surface area contributed by atoms with Crippen LogP contribution in [-0.4, -0.2) is 41.7 Å². The third-order valence-corrected chi connectivity index (χ3v) is 4.14. The standard InChI is InChI=1S/C16H25N3O2/c1-12-6-7-13(10-15(12)17)18-16(21)11-19(8-9-20)14-4-2-3-5-14/h6-7,10,14,20H,2-5,8-9,11,17H2,1H3,(H,18,21). The van der Waals surface area contributed by atoms with E-state index >= 15 is 0 Å². The molecule has 0 unspecified atom stereocenters. The van der Waals surface area contributed by atoms with Gasteiger partial charge >= 0.3 is 0 Å². The zero-order chi connectivity index (χ0) is 15.2. The number of aliphatic hydroxyl groups excluding tert-OH is 1. The van der Waals surface area contributed by atoms with Crippen molar-refractivity contribution in [3.8, 4) is 0 Å². The Balaban J connectivity index is 1.93. The van der Waals surface area contributed by atoms with Gasteiger partial charge in [-0.1, -0.05) is 18.9 Å². The van der Waals surface area contributed by atoms with Gasteiger partial charge in [0.1, 0.15) is 0 Å². The molecule has 0 saturated heterocycles. The monoisotopic (exact) mass is 291 g/mol. The number of hydrogen-bond donors (Lipinski definition) is 3. The summed E-state index contributed by atoms with van der Waals surface area (Å²) in [6.07, 6.45) is 4.65. The summed E-state index contributed by atoms with van der Waals surface area (Å²) in [6, 6.07) is 5.95. The molecule has 0 aromatic heterocycles. The molecule has 4 N–H and O–H groups in total. The summed E-state index contributed by atoms with van der Waals surface area (Å²) in [7, 11) is 0. The number of nitrogens with two attached hydrogens (primary N) is 1. The van der Waals surface area contributed by atoms with Gasteiger partial charge in [-0.05, 0) is 37.5 Å². The predicted molar refractivity (Wildman–Crippen MR) is 85.1 cm³/mol. The van der Waals surface area contributed by atoms with Crippen LogP contribution in [0.25, 0.3) is 0 Å². The summed E-state index contributed by atoms with van der Waals surface area (Å²) >= 11 is 0. The Hall–Kier alpha value is -1.59. The van der Waals surface area contributed by atoms with E-state index in [1.165, 1.54) is 12.8 Å². The molecule has 0 bridgehead atoms. The van der Waals surface area contributed by atoms with Crippen molar-refractivity contribution in [2.24, 2.45) is 0 Å². The van der Waals surface area contributed by atoms with Crippen LogP contribution in [0.5, 0.6) is 0 Å². The van der Waals surface area contributed by atoms with Crippen LogP contribution in [0.15, 0.2) is 18.2 Å². The summed E-state index contributed by atoms with van der Waals surface area (Å²) < 4.78 is 0. The predicted octanol–water partition coefficient (Wildman–Crippen LogP) is 1.75. The van der Waals surface area contributed by atoms with Crippen LogP contribution in [0.1, 0.15) is 31.2 Å². The molecule has 1 aliphatic carbocycles. The SMILES string of the molecule is Cc1ccc(NC(=O)CN(CCO)C2CCCC2)cc1N. The number of rotatable bonds is 6. The fourth-order valence-corrected chi connectivity index (χ4v) is 2.89. The lowest BCUT2D eigenvalue weighted by atomic mass is 10.2. The molecule has 116 valence electrons. The van der Waals surface area contributed by atoms with Gasteiger partial charge in [-0.25, -0.2) is 0 Å². The molecular weight excluding hydrogens is 266 g/mol. The van der Waals surface area contributed by atoms with Crippen LogP contribution < -0.4 is 11.1 Å². The van der Waals surface area contributed by atoms with Crippen molar-refractivity contribution in [2.45, 2.75) is 38.6 Å². The quantitative estimate of drug-likeness (QED) is 0.698. The Labute approximate surface area is 126 Å². The second-order valence-electron chi connectivity index (χ2n) is 5.75. The molecule has 1 saturated carbocycles. The highest BCUT2D eigenvalue weighted by Gasteiger charge is 2.23. The zero-order valence-electron chi connectivity index (χ0n) is 12.6. The van der Waals surface area contributed by atoms with Crippen LogP contribution in [0.2, 0.25) is 0 Å². The van der Waals surface area contributed by atoms with Crippen molar-refractivity contribution in [2.75, 3.05) is 30.7 Å². The number of aliphatic hydroxyl groups is 1. The Morgan fingerprint density at radius 1 is 1.43 bits per heavy atom. The van der Waals surface area contributed by atoms with Gasteiger partial charge in [-0.3, -0.25) is 9.69 Å². The lowest BCUT2D eigenvalue weighted by molar-refractivity contribution is -0.118. The number of anilines is 2. The number of nitrogen functional groups attached to an aromatic ring is 1. The maximum atomic E-state index is 12.2. The molecule has 0 atom stereocenters. The summed E-state index contributed by atoms with van der Waals surface area (Å²) in [5.74, 6) is -0.0568. The van der Waals surface area contributed by atoms with Gasteiger partial charge in [0, 0.05) is 24.0 Å². The topological polar surface area (TPSA) is 78.6 Å². The lowest BCUT2D eigenvalue weighted by Crippen LogP contribution is -2.41. The minimum absolute atomic E-state index is 0.0568. The summed E-state index contributed by atoms with van der Waals surface area (Å²) in [4.78, 5) is 14.3. The van der Waals surface area contributed by atoms with Gasteiger partial charge < -0.3 is 16.2 Å². The zero-order valence-corrected chi connectivity index (χ0v) is 12.6. The Morgan fingerprint density at radius 3 is 2.76 bits per heavy atom. The van der Waals surface area contributed by atoms with E-state index in [2.05, 4.69) is 10.2 Å². The Bertz CT molecular complexity index is 484. The van der Waals surface area contributed by atoms with Gasteiger partial charge in [0.15, 0.2) is 0 Å². The Kier molecular flexibility index (Phi) is 5.59. The minimum atomic E-state index is -0.0568. The highest BCUT2D eigenvalue weighted by Crippen LogP contribution is 2.23. The van der Waals surface area contributed by atoms with E-state index in [9.17, 15) is 9.90 Å². The maximum Gasteiger partial charge on any atom is 0.238 e.